The van der Waals surface area contributed by atoms with Gasteiger partial charge in [-0.05, 0) is 42.5 Å². The number of hydrogen-bond acceptors (Lipinski definition) is 3. The van der Waals surface area contributed by atoms with Gasteiger partial charge in [-0.25, -0.2) is 4.39 Å². The van der Waals surface area contributed by atoms with Gasteiger partial charge in [0, 0.05) is 17.3 Å². The molecule has 5 heteroatoms. The lowest BCUT2D eigenvalue weighted by molar-refractivity contribution is 0.102. The van der Waals surface area contributed by atoms with Gasteiger partial charge in [0.25, 0.3) is 5.91 Å². The smallest absolute Gasteiger partial charge is 0.257 e. The Balaban J connectivity index is 1.97. The molecule has 21 heavy (non-hydrogen) atoms. The van der Waals surface area contributed by atoms with Crippen molar-refractivity contribution in [2.24, 2.45) is 0 Å². The Morgan fingerprint density at radius 3 is 2.81 bits per heavy atom. The molecule has 0 unspecified atom stereocenters. The van der Waals surface area contributed by atoms with E-state index in [9.17, 15) is 9.18 Å². The van der Waals surface area contributed by atoms with Gasteiger partial charge in [-0.15, -0.1) is 0 Å². The van der Waals surface area contributed by atoms with Gasteiger partial charge in [0.1, 0.15) is 5.82 Å². The summed E-state index contributed by atoms with van der Waals surface area (Å²) in [7, 11) is 0. The van der Waals surface area contributed by atoms with E-state index in [0.717, 1.165) is 17.0 Å². The van der Waals surface area contributed by atoms with E-state index in [-0.39, 0.29) is 17.2 Å². The zero-order valence-electron chi connectivity index (χ0n) is 11.0. The zero-order valence-corrected chi connectivity index (χ0v) is 11.0. The van der Waals surface area contributed by atoms with Gasteiger partial charge in [0.2, 0.25) is 0 Å². The number of pyridine rings is 1. The van der Waals surface area contributed by atoms with Crippen LogP contribution in [-0.2, 0) is 0 Å². The highest BCUT2D eigenvalue weighted by Gasteiger charge is 2.12. The minimum atomic E-state index is -0.474. The molecule has 0 aliphatic rings. The van der Waals surface area contributed by atoms with Crippen molar-refractivity contribution in [3.8, 4) is 0 Å². The molecule has 104 valence electrons. The Morgan fingerprint density at radius 1 is 1.14 bits per heavy atom. The van der Waals surface area contributed by atoms with E-state index in [0.29, 0.717) is 5.69 Å². The van der Waals surface area contributed by atoms with E-state index in [2.05, 4.69) is 10.3 Å². The first kappa shape index (κ1) is 13.1. The maximum absolute atomic E-state index is 13.0. The van der Waals surface area contributed by atoms with E-state index in [1.54, 1.807) is 24.4 Å². The van der Waals surface area contributed by atoms with Crippen molar-refractivity contribution in [3.05, 3.63) is 66.1 Å². The lowest BCUT2D eigenvalue weighted by atomic mass is 10.1. The summed E-state index contributed by atoms with van der Waals surface area (Å²) in [5.74, 6) is -0.859. The van der Waals surface area contributed by atoms with Crippen molar-refractivity contribution < 1.29 is 9.18 Å². The molecule has 0 saturated heterocycles. The Morgan fingerprint density at radius 2 is 2.00 bits per heavy atom. The summed E-state index contributed by atoms with van der Waals surface area (Å²) < 4.78 is 13.0. The Kier molecular flexibility index (Phi) is 3.23. The van der Waals surface area contributed by atoms with Crippen LogP contribution in [0.15, 0.2) is 54.7 Å². The molecule has 0 aliphatic heterocycles. The summed E-state index contributed by atoms with van der Waals surface area (Å²) in [6.45, 7) is 0. The van der Waals surface area contributed by atoms with E-state index in [4.69, 9.17) is 5.73 Å². The van der Waals surface area contributed by atoms with Gasteiger partial charge in [-0.2, -0.15) is 0 Å². The number of halogens is 1. The van der Waals surface area contributed by atoms with Crippen molar-refractivity contribution in [2.75, 3.05) is 11.1 Å². The number of amides is 1. The van der Waals surface area contributed by atoms with Crippen LogP contribution in [0, 0.1) is 5.82 Å². The summed E-state index contributed by atoms with van der Waals surface area (Å²) in [4.78, 5) is 16.5. The molecule has 3 N–H and O–H groups in total. The van der Waals surface area contributed by atoms with Crippen LogP contribution >= 0.6 is 0 Å². The third kappa shape index (κ3) is 2.53. The third-order valence-electron chi connectivity index (χ3n) is 3.15. The van der Waals surface area contributed by atoms with Crippen LogP contribution in [0.5, 0.6) is 0 Å². The number of hydrogen-bond donors (Lipinski definition) is 2. The minimum Gasteiger partial charge on any atom is -0.398 e. The highest BCUT2D eigenvalue weighted by Crippen LogP contribution is 2.23. The number of fused-ring (bicyclic) bond motifs is 1. The second kappa shape index (κ2) is 5.20. The van der Waals surface area contributed by atoms with E-state index in [1.165, 1.54) is 12.1 Å². The maximum Gasteiger partial charge on any atom is 0.257 e. The number of nitrogens with zero attached hydrogens (tertiary/aromatic N) is 1. The average molecular weight is 281 g/mol. The summed E-state index contributed by atoms with van der Waals surface area (Å²) >= 11 is 0. The first-order chi connectivity index (χ1) is 10.1. The van der Waals surface area contributed by atoms with Gasteiger partial charge in [-0.1, -0.05) is 6.07 Å². The molecular weight excluding hydrogens is 269 g/mol. The predicted molar refractivity (Wildman–Crippen MR) is 80.5 cm³/mol. The lowest BCUT2D eigenvalue weighted by Crippen LogP contribution is -2.14. The summed E-state index contributed by atoms with van der Waals surface area (Å²) in [6, 6.07) is 12.8. The van der Waals surface area contributed by atoms with E-state index in [1.807, 2.05) is 12.1 Å². The number of carbonyl (C=O) groups excluding carboxylic acids is 1. The van der Waals surface area contributed by atoms with Gasteiger partial charge in [0.15, 0.2) is 0 Å². The monoisotopic (exact) mass is 281 g/mol. The van der Waals surface area contributed by atoms with Crippen LogP contribution in [0.25, 0.3) is 10.9 Å². The van der Waals surface area contributed by atoms with Crippen LogP contribution in [0.1, 0.15) is 10.4 Å². The molecule has 1 heterocycles. The predicted octanol–water partition coefficient (Wildman–Crippen LogP) is 3.21. The van der Waals surface area contributed by atoms with Crippen LogP contribution < -0.4 is 11.1 Å². The number of nitrogen functional groups attached to an aromatic ring is 1. The van der Waals surface area contributed by atoms with Crippen LogP contribution in [0.2, 0.25) is 0 Å². The van der Waals surface area contributed by atoms with Crippen molar-refractivity contribution in [2.45, 2.75) is 0 Å². The van der Waals surface area contributed by atoms with Crippen LogP contribution in [0.4, 0.5) is 15.8 Å². The number of aromatic nitrogens is 1. The first-order valence-corrected chi connectivity index (χ1v) is 6.35. The van der Waals surface area contributed by atoms with Crippen LogP contribution in [0.3, 0.4) is 0 Å². The molecule has 0 fully saturated rings. The third-order valence-corrected chi connectivity index (χ3v) is 3.15. The number of nitrogens with two attached hydrogens (primary N) is 1. The molecular formula is C16H12FN3O. The summed E-state index contributed by atoms with van der Waals surface area (Å²) in [6.07, 6.45) is 1.69. The van der Waals surface area contributed by atoms with Crippen molar-refractivity contribution in [3.63, 3.8) is 0 Å². The fraction of sp³-hybridized carbons (Fsp3) is 0. The highest BCUT2D eigenvalue weighted by molar-refractivity contribution is 6.11. The largest absolute Gasteiger partial charge is 0.398 e. The number of benzene rings is 2. The van der Waals surface area contributed by atoms with Gasteiger partial charge < -0.3 is 11.1 Å². The SMILES string of the molecule is Nc1cc(F)ccc1C(=O)Nc1cccc2ncccc12. The molecule has 0 spiro atoms. The maximum atomic E-state index is 13.0. The molecule has 2 aromatic carbocycles. The number of anilines is 2. The van der Waals surface area contributed by atoms with Crippen molar-refractivity contribution >= 4 is 28.2 Å². The quantitative estimate of drug-likeness (QED) is 0.709. The molecule has 0 radical (unpaired) electrons. The van der Waals surface area contributed by atoms with E-state index >= 15 is 0 Å². The van der Waals surface area contributed by atoms with Gasteiger partial charge in [-0.3, -0.25) is 9.78 Å². The zero-order chi connectivity index (χ0) is 14.8. The second-order valence-electron chi connectivity index (χ2n) is 4.56. The second-order valence-corrected chi connectivity index (χ2v) is 4.56. The molecule has 1 aromatic heterocycles. The number of carbonyl (C=O) groups is 1. The number of nitrogens with one attached hydrogen (secondary N) is 1. The summed E-state index contributed by atoms with van der Waals surface area (Å²) in [5.41, 5.74) is 7.43. The highest BCUT2D eigenvalue weighted by atomic mass is 19.1. The molecule has 3 rings (SSSR count). The fourth-order valence-electron chi connectivity index (χ4n) is 2.14. The molecule has 3 aromatic rings. The molecule has 0 atom stereocenters. The van der Waals surface area contributed by atoms with Gasteiger partial charge in [0.05, 0.1) is 16.8 Å². The topological polar surface area (TPSA) is 68.0 Å². The molecule has 0 saturated carbocycles. The normalized spacial score (nSPS) is 10.5. The standard InChI is InChI=1S/C16H12FN3O/c17-10-6-7-11(13(18)9-10)16(21)20-15-5-1-4-14-12(15)3-2-8-19-14/h1-9H,18H2,(H,20,21). The summed E-state index contributed by atoms with van der Waals surface area (Å²) in [5, 5.41) is 3.61. The fourth-order valence-corrected chi connectivity index (χ4v) is 2.14. The van der Waals surface area contributed by atoms with Crippen molar-refractivity contribution in [1.82, 2.24) is 4.98 Å². The molecule has 1 amide bonds. The molecule has 0 aliphatic carbocycles. The van der Waals surface area contributed by atoms with E-state index < -0.39 is 5.82 Å². The number of rotatable bonds is 2. The molecule has 0 bridgehead atoms. The molecule has 4 nitrogen and oxygen atoms in total. The van der Waals surface area contributed by atoms with Crippen LogP contribution in [-0.4, -0.2) is 10.9 Å². The Labute approximate surface area is 120 Å². The lowest BCUT2D eigenvalue weighted by Gasteiger charge is -2.09. The first-order valence-electron chi connectivity index (χ1n) is 6.35. The minimum absolute atomic E-state index is 0.103. The van der Waals surface area contributed by atoms with Crippen molar-refractivity contribution in [1.29, 1.82) is 0 Å². The average Bonchev–Trinajstić information content (AvgIpc) is 2.47. The Hall–Kier alpha value is -2.95. The van der Waals surface area contributed by atoms with Gasteiger partial charge >= 0.3 is 0 Å². The Bertz CT molecular complexity index is 827.